The number of imide groups is 1. The van der Waals surface area contributed by atoms with Crippen molar-refractivity contribution in [1.82, 2.24) is 24.6 Å². The Balaban J connectivity index is 1.29. The number of amides is 2. The maximum Gasteiger partial charge on any atom is 0.419 e. The van der Waals surface area contributed by atoms with E-state index in [1.807, 2.05) is 12.3 Å². The van der Waals surface area contributed by atoms with E-state index in [1.165, 1.54) is 0 Å². The molecule has 37 heavy (non-hydrogen) atoms. The molecule has 0 aromatic carbocycles. The van der Waals surface area contributed by atoms with Gasteiger partial charge in [-0.25, -0.2) is 19.5 Å². The van der Waals surface area contributed by atoms with Gasteiger partial charge in [-0.2, -0.15) is 5.10 Å². The minimum absolute atomic E-state index is 0.149. The topological polar surface area (TPSA) is 102 Å². The maximum atomic E-state index is 12.8. The fourth-order valence-corrected chi connectivity index (χ4v) is 4.71. The molecule has 3 aromatic rings. The molecular formula is C28H37N5O4. The first-order valence-electron chi connectivity index (χ1n) is 13.1. The van der Waals surface area contributed by atoms with Gasteiger partial charge in [-0.05, 0) is 91.3 Å². The first kappa shape index (κ1) is 25.3. The summed E-state index contributed by atoms with van der Waals surface area (Å²) in [6.45, 7) is 11.0. The van der Waals surface area contributed by atoms with E-state index in [2.05, 4.69) is 28.0 Å². The molecule has 3 heterocycles. The standard InChI is InChI=1S/C28H37N5O4/c1-27(2,3)36-25(34)32(26(35)37-28(4,5)6)15-17-13-19(14-17)33-16-20(24(31-33)18-7-8-18)21-9-10-22-23(30-21)11-12-29-22/h9-12,16-19,29H,7-8,13-15H2,1-6H3. The van der Waals surface area contributed by atoms with Crippen LogP contribution in [0.3, 0.4) is 0 Å². The van der Waals surface area contributed by atoms with Crippen LogP contribution in [-0.2, 0) is 9.47 Å². The first-order valence-corrected chi connectivity index (χ1v) is 13.1. The molecule has 0 radical (unpaired) electrons. The van der Waals surface area contributed by atoms with E-state index in [0.717, 1.165) is 58.6 Å². The van der Waals surface area contributed by atoms with Crippen LogP contribution >= 0.6 is 0 Å². The minimum Gasteiger partial charge on any atom is -0.443 e. The second kappa shape index (κ2) is 9.19. The summed E-state index contributed by atoms with van der Waals surface area (Å²) in [4.78, 5) is 34.9. The zero-order chi connectivity index (χ0) is 26.5. The van der Waals surface area contributed by atoms with Gasteiger partial charge in [0.1, 0.15) is 11.2 Å². The summed E-state index contributed by atoms with van der Waals surface area (Å²) in [5, 5.41) is 4.99. The smallest absolute Gasteiger partial charge is 0.419 e. The molecule has 0 saturated heterocycles. The van der Waals surface area contributed by atoms with Crippen molar-refractivity contribution in [3.63, 3.8) is 0 Å². The molecule has 2 aliphatic carbocycles. The fourth-order valence-electron chi connectivity index (χ4n) is 4.71. The van der Waals surface area contributed by atoms with Gasteiger partial charge in [-0.3, -0.25) is 4.68 Å². The SMILES string of the molecule is CC(C)(C)OC(=O)N(CC1CC(n2cc(-c3ccc4[nH]ccc4n3)c(C3CC3)n2)C1)C(=O)OC(C)(C)C. The average Bonchev–Trinajstić information content (AvgIpc) is 3.32. The molecule has 5 rings (SSSR count). The lowest BCUT2D eigenvalue weighted by Crippen LogP contribution is -2.47. The van der Waals surface area contributed by atoms with Crippen LogP contribution in [-0.4, -0.2) is 54.6 Å². The van der Waals surface area contributed by atoms with E-state index in [9.17, 15) is 9.59 Å². The highest BCUT2D eigenvalue weighted by atomic mass is 16.6. The molecule has 0 aliphatic heterocycles. The zero-order valence-corrected chi connectivity index (χ0v) is 22.6. The Hall–Kier alpha value is -3.36. The summed E-state index contributed by atoms with van der Waals surface area (Å²) in [7, 11) is 0. The summed E-state index contributed by atoms with van der Waals surface area (Å²) in [6.07, 6.45) is 6.63. The lowest BCUT2D eigenvalue weighted by atomic mass is 9.80. The molecule has 2 aliphatic rings. The Labute approximate surface area is 217 Å². The van der Waals surface area contributed by atoms with Crippen LogP contribution in [0.1, 0.15) is 84.9 Å². The number of H-pyrrole nitrogens is 1. The van der Waals surface area contributed by atoms with Crippen LogP contribution in [0.2, 0.25) is 0 Å². The Bertz CT molecular complexity index is 1270. The summed E-state index contributed by atoms with van der Waals surface area (Å²) in [5.74, 6) is 0.641. The molecule has 9 nitrogen and oxygen atoms in total. The lowest BCUT2D eigenvalue weighted by Gasteiger charge is -2.38. The van der Waals surface area contributed by atoms with Crippen LogP contribution in [0.5, 0.6) is 0 Å². The zero-order valence-electron chi connectivity index (χ0n) is 22.6. The molecule has 0 atom stereocenters. The minimum atomic E-state index is -0.707. The largest absolute Gasteiger partial charge is 0.443 e. The number of aromatic amines is 1. The van der Waals surface area contributed by atoms with Gasteiger partial charge in [0.15, 0.2) is 0 Å². The van der Waals surface area contributed by atoms with Crippen LogP contribution in [0, 0.1) is 5.92 Å². The van der Waals surface area contributed by atoms with Gasteiger partial charge in [0, 0.05) is 30.4 Å². The molecular weight excluding hydrogens is 470 g/mol. The van der Waals surface area contributed by atoms with Crippen molar-refractivity contribution in [3.8, 4) is 11.3 Å². The van der Waals surface area contributed by atoms with Gasteiger partial charge in [-0.1, -0.05) is 0 Å². The van der Waals surface area contributed by atoms with Gasteiger partial charge in [-0.15, -0.1) is 0 Å². The monoisotopic (exact) mass is 507 g/mol. The Kier molecular flexibility index (Phi) is 6.28. The van der Waals surface area contributed by atoms with Crippen molar-refractivity contribution < 1.29 is 19.1 Å². The van der Waals surface area contributed by atoms with E-state index in [-0.39, 0.29) is 18.5 Å². The highest BCUT2D eigenvalue weighted by Gasteiger charge is 2.39. The number of hydrogen-bond acceptors (Lipinski definition) is 6. The third-order valence-corrected chi connectivity index (χ3v) is 6.66. The Morgan fingerprint density at radius 3 is 2.27 bits per heavy atom. The summed E-state index contributed by atoms with van der Waals surface area (Å²) < 4.78 is 13.1. The van der Waals surface area contributed by atoms with Crippen molar-refractivity contribution in [2.75, 3.05) is 6.54 Å². The van der Waals surface area contributed by atoms with Gasteiger partial charge in [0.05, 0.1) is 28.5 Å². The predicted molar refractivity (Wildman–Crippen MR) is 140 cm³/mol. The van der Waals surface area contributed by atoms with Crippen molar-refractivity contribution in [3.05, 3.63) is 36.3 Å². The van der Waals surface area contributed by atoms with E-state index in [0.29, 0.717) is 5.92 Å². The summed E-state index contributed by atoms with van der Waals surface area (Å²) in [6, 6.07) is 6.31. The molecule has 3 aromatic heterocycles. The van der Waals surface area contributed by atoms with Crippen LogP contribution in [0.25, 0.3) is 22.3 Å². The molecule has 2 amide bonds. The third-order valence-electron chi connectivity index (χ3n) is 6.66. The average molecular weight is 508 g/mol. The van der Waals surface area contributed by atoms with E-state index in [4.69, 9.17) is 19.6 Å². The van der Waals surface area contributed by atoms with Crippen molar-refractivity contribution in [2.24, 2.45) is 5.92 Å². The highest BCUT2D eigenvalue weighted by molar-refractivity contribution is 5.88. The number of aromatic nitrogens is 4. The summed E-state index contributed by atoms with van der Waals surface area (Å²) >= 11 is 0. The molecule has 9 heteroatoms. The Morgan fingerprint density at radius 2 is 1.68 bits per heavy atom. The van der Waals surface area contributed by atoms with Gasteiger partial charge < -0.3 is 14.5 Å². The number of ether oxygens (including phenoxy) is 2. The number of nitrogens with one attached hydrogen (secondary N) is 1. The van der Waals surface area contributed by atoms with E-state index < -0.39 is 23.4 Å². The van der Waals surface area contributed by atoms with E-state index in [1.54, 1.807) is 41.5 Å². The maximum absolute atomic E-state index is 12.8. The normalized spacial score (nSPS) is 19.9. The number of carbonyl (C=O) groups excluding carboxylic acids is 2. The molecule has 0 unspecified atom stereocenters. The molecule has 1 N–H and O–H groups in total. The molecule has 0 bridgehead atoms. The second-order valence-corrected chi connectivity index (χ2v) is 12.4. The third kappa shape index (κ3) is 5.81. The quantitative estimate of drug-likeness (QED) is 0.427. The second-order valence-electron chi connectivity index (χ2n) is 12.4. The molecule has 2 saturated carbocycles. The first-order chi connectivity index (χ1) is 17.4. The van der Waals surface area contributed by atoms with Crippen molar-refractivity contribution >= 4 is 23.2 Å². The Morgan fingerprint density at radius 1 is 1.03 bits per heavy atom. The number of hydrogen-bond donors (Lipinski definition) is 1. The predicted octanol–water partition coefficient (Wildman–Crippen LogP) is 6.43. The van der Waals surface area contributed by atoms with Gasteiger partial charge in [0.2, 0.25) is 0 Å². The number of carbonyl (C=O) groups is 2. The number of fused-ring (bicyclic) bond motifs is 1. The van der Waals surface area contributed by atoms with Crippen molar-refractivity contribution in [2.45, 2.75) is 90.4 Å². The molecule has 198 valence electrons. The molecule has 0 spiro atoms. The number of rotatable bonds is 5. The van der Waals surface area contributed by atoms with Crippen LogP contribution < -0.4 is 0 Å². The number of nitrogens with zero attached hydrogens (tertiary/aromatic N) is 4. The van der Waals surface area contributed by atoms with Crippen molar-refractivity contribution in [1.29, 1.82) is 0 Å². The van der Waals surface area contributed by atoms with Gasteiger partial charge >= 0.3 is 12.2 Å². The lowest BCUT2D eigenvalue weighted by molar-refractivity contribution is -0.00641. The number of pyridine rings is 1. The highest BCUT2D eigenvalue weighted by Crippen LogP contribution is 2.46. The van der Waals surface area contributed by atoms with E-state index >= 15 is 0 Å². The van der Waals surface area contributed by atoms with Gasteiger partial charge in [0.25, 0.3) is 0 Å². The summed E-state index contributed by atoms with van der Waals surface area (Å²) in [5.41, 5.74) is 3.71. The van der Waals surface area contributed by atoms with Crippen LogP contribution in [0.15, 0.2) is 30.6 Å². The van der Waals surface area contributed by atoms with Crippen LogP contribution in [0.4, 0.5) is 9.59 Å². The fraction of sp³-hybridized carbons (Fsp3) is 0.571. The molecule has 2 fully saturated rings.